The summed E-state index contributed by atoms with van der Waals surface area (Å²) in [6.07, 6.45) is 1.70. The smallest absolute Gasteiger partial charge is 0.259 e. The molecule has 1 N–H and O–H groups in total. The standard InChI is InChI=1S/C25H22N2O2S/c1-3-15-27-21-16-19(24(28)26-17(2)18-9-5-4-6-10-18)13-14-23(21)30-22-12-8-7-11-20(22)25(27)29/h3-14,16-17H,1,15H2,2H3,(H,26,28). The zero-order valence-electron chi connectivity index (χ0n) is 16.7. The second kappa shape index (κ2) is 8.59. The van der Waals surface area contributed by atoms with E-state index in [1.54, 1.807) is 17.0 Å². The molecule has 0 radical (unpaired) electrons. The molecule has 5 heteroatoms. The van der Waals surface area contributed by atoms with E-state index in [4.69, 9.17) is 0 Å². The highest BCUT2D eigenvalue weighted by molar-refractivity contribution is 7.99. The number of anilines is 1. The van der Waals surface area contributed by atoms with Gasteiger partial charge in [0.2, 0.25) is 0 Å². The van der Waals surface area contributed by atoms with Crippen LogP contribution in [0.15, 0.2) is 95.2 Å². The highest BCUT2D eigenvalue weighted by atomic mass is 32.2. The summed E-state index contributed by atoms with van der Waals surface area (Å²) < 4.78 is 0. The van der Waals surface area contributed by atoms with Crippen LogP contribution >= 0.6 is 11.8 Å². The van der Waals surface area contributed by atoms with Crippen LogP contribution in [0.5, 0.6) is 0 Å². The predicted molar refractivity (Wildman–Crippen MR) is 121 cm³/mol. The zero-order valence-corrected chi connectivity index (χ0v) is 17.5. The Morgan fingerprint density at radius 3 is 2.57 bits per heavy atom. The van der Waals surface area contributed by atoms with Crippen LogP contribution < -0.4 is 10.2 Å². The van der Waals surface area contributed by atoms with Gasteiger partial charge in [-0.05, 0) is 42.8 Å². The van der Waals surface area contributed by atoms with Crippen LogP contribution in [0.4, 0.5) is 5.69 Å². The van der Waals surface area contributed by atoms with Gasteiger partial charge in [-0.15, -0.1) is 6.58 Å². The molecule has 2 amide bonds. The van der Waals surface area contributed by atoms with Crippen LogP contribution in [0.3, 0.4) is 0 Å². The molecule has 1 aliphatic heterocycles. The summed E-state index contributed by atoms with van der Waals surface area (Å²) in [5.74, 6) is -0.265. The van der Waals surface area contributed by atoms with E-state index in [0.717, 1.165) is 21.0 Å². The van der Waals surface area contributed by atoms with Crippen LogP contribution in [0.2, 0.25) is 0 Å². The lowest BCUT2D eigenvalue weighted by molar-refractivity contribution is 0.0937. The molecule has 0 spiro atoms. The number of nitrogens with one attached hydrogen (secondary N) is 1. The lowest BCUT2D eigenvalue weighted by Gasteiger charge is -2.22. The maximum Gasteiger partial charge on any atom is 0.259 e. The van der Waals surface area contributed by atoms with Crippen LogP contribution in [-0.2, 0) is 0 Å². The van der Waals surface area contributed by atoms with Crippen molar-refractivity contribution >= 4 is 29.3 Å². The molecule has 3 aromatic rings. The number of amides is 2. The Hall–Kier alpha value is -3.31. The highest BCUT2D eigenvalue weighted by Crippen LogP contribution is 2.41. The predicted octanol–water partition coefficient (Wildman–Crippen LogP) is 5.48. The summed E-state index contributed by atoms with van der Waals surface area (Å²) in [6.45, 7) is 6.12. The number of carbonyl (C=O) groups is 2. The largest absolute Gasteiger partial charge is 0.346 e. The lowest BCUT2D eigenvalue weighted by Crippen LogP contribution is -2.31. The molecule has 0 aromatic heterocycles. The van der Waals surface area contributed by atoms with Crippen LogP contribution in [0.25, 0.3) is 0 Å². The van der Waals surface area contributed by atoms with E-state index in [0.29, 0.717) is 17.7 Å². The molecule has 4 nitrogen and oxygen atoms in total. The van der Waals surface area contributed by atoms with E-state index in [-0.39, 0.29) is 17.9 Å². The van der Waals surface area contributed by atoms with E-state index < -0.39 is 0 Å². The lowest BCUT2D eigenvalue weighted by atomic mass is 10.1. The van der Waals surface area contributed by atoms with E-state index in [1.165, 1.54) is 11.8 Å². The maximum atomic E-state index is 13.2. The molecular formula is C25H22N2O2S. The number of fused-ring (bicyclic) bond motifs is 2. The van der Waals surface area contributed by atoms with Crippen molar-refractivity contribution in [1.29, 1.82) is 0 Å². The fraction of sp³-hybridized carbons (Fsp3) is 0.120. The molecular weight excluding hydrogens is 392 g/mol. The molecule has 0 saturated carbocycles. The van der Waals surface area contributed by atoms with E-state index in [1.807, 2.05) is 73.7 Å². The first-order valence-electron chi connectivity index (χ1n) is 9.78. The molecule has 0 aliphatic carbocycles. The van der Waals surface area contributed by atoms with Crippen molar-refractivity contribution in [3.8, 4) is 0 Å². The highest BCUT2D eigenvalue weighted by Gasteiger charge is 2.27. The molecule has 1 atom stereocenters. The van der Waals surface area contributed by atoms with Gasteiger partial charge in [0.1, 0.15) is 0 Å². The topological polar surface area (TPSA) is 49.4 Å². The molecule has 0 saturated heterocycles. The average molecular weight is 415 g/mol. The van der Waals surface area contributed by atoms with Crippen molar-refractivity contribution in [2.75, 3.05) is 11.4 Å². The Morgan fingerprint density at radius 2 is 1.80 bits per heavy atom. The van der Waals surface area contributed by atoms with Gasteiger partial charge in [-0.25, -0.2) is 0 Å². The second-order valence-corrected chi connectivity index (χ2v) is 8.17. The summed E-state index contributed by atoms with van der Waals surface area (Å²) in [5.41, 5.74) is 2.94. The van der Waals surface area contributed by atoms with Gasteiger partial charge in [-0.3, -0.25) is 9.59 Å². The SMILES string of the molecule is C=CCN1C(=O)c2ccccc2Sc2ccc(C(=O)NC(C)c3ccccc3)cc21. The van der Waals surface area contributed by atoms with Crippen molar-refractivity contribution in [1.82, 2.24) is 5.32 Å². The van der Waals surface area contributed by atoms with E-state index in [9.17, 15) is 9.59 Å². The first-order valence-corrected chi connectivity index (χ1v) is 10.6. The Labute approximate surface area is 180 Å². The summed E-state index contributed by atoms with van der Waals surface area (Å²) in [7, 11) is 0. The van der Waals surface area contributed by atoms with Gasteiger partial charge >= 0.3 is 0 Å². The van der Waals surface area contributed by atoms with Crippen LogP contribution in [0, 0.1) is 0 Å². The minimum Gasteiger partial charge on any atom is -0.346 e. The average Bonchev–Trinajstić information content (AvgIpc) is 2.89. The molecule has 0 fully saturated rings. The Balaban J connectivity index is 1.67. The zero-order chi connectivity index (χ0) is 21.1. The fourth-order valence-corrected chi connectivity index (χ4v) is 4.54. The van der Waals surface area contributed by atoms with Gasteiger partial charge in [0.25, 0.3) is 11.8 Å². The Bertz CT molecular complexity index is 1110. The van der Waals surface area contributed by atoms with Crippen molar-refractivity contribution < 1.29 is 9.59 Å². The normalized spacial score (nSPS) is 13.6. The van der Waals surface area contributed by atoms with Crippen molar-refractivity contribution in [3.05, 3.63) is 102 Å². The second-order valence-electron chi connectivity index (χ2n) is 7.09. The number of hydrogen-bond donors (Lipinski definition) is 1. The van der Waals surface area contributed by atoms with Gasteiger partial charge < -0.3 is 10.2 Å². The Kier molecular flexibility index (Phi) is 5.72. The summed E-state index contributed by atoms with van der Waals surface area (Å²) in [5, 5.41) is 3.04. The first kappa shape index (κ1) is 20.0. The monoisotopic (exact) mass is 414 g/mol. The van der Waals surface area contributed by atoms with Crippen molar-refractivity contribution in [2.45, 2.75) is 22.8 Å². The molecule has 1 aliphatic rings. The minimum atomic E-state index is -0.174. The Morgan fingerprint density at radius 1 is 1.07 bits per heavy atom. The van der Waals surface area contributed by atoms with Crippen LogP contribution in [0.1, 0.15) is 39.2 Å². The number of hydrogen-bond acceptors (Lipinski definition) is 3. The van der Waals surface area contributed by atoms with E-state index in [2.05, 4.69) is 11.9 Å². The van der Waals surface area contributed by atoms with Gasteiger partial charge in [0.15, 0.2) is 0 Å². The van der Waals surface area contributed by atoms with Gasteiger partial charge in [-0.2, -0.15) is 0 Å². The molecule has 1 heterocycles. The van der Waals surface area contributed by atoms with Gasteiger partial charge in [0, 0.05) is 21.9 Å². The summed E-state index contributed by atoms with van der Waals surface area (Å²) in [6, 6.07) is 22.8. The third-order valence-electron chi connectivity index (χ3n) is 5.05. The molecule has 1 unspecified atom stereocenters. The minimum absolute atomic E-state index is 0.0908. The van der Waals surface area contributed by atoms with Crippen molar-refractivity contribution in [2.24, 2.45) is 0 Å². The first-order chi connectivity index (χ1) is 14.6. The summed E-state index contributed by atoms with van der Waals surface area (Å²) >= 11 is 1.54. The molecule has 0 bridgehead atoms. The maximum absolute atomic E-state index is 13.2. The molecule has 30 heavy (non-hydrogen) atoms. The summed E-state index contributed by atoms with van der Waals surface area (Å²) in [4.78, 5) is 29.6. The molecule has 3 aromatic carbocycles. The number of benzene rings is 3. The van der Waals surface area contributed by atoms with Gasteiger partial charge in [0.05, 0.1) is 17.3 Å². The number of rotatable bonds is 5. The molecule has 150 valence electrons. The quantitative estimate of drug-likeness (QED) is 0.563. The number of carbonyl (C=O) groups excluding carboxylic acids is 2. The molecule has 4 rings (SSSR count). The van der Waals surface area contributed by atoms with Crippen molar-refractivity contribution in [3.63, 3.8) is 0 Å². The fourth-order valence-electron chi connectivity index (χ4n) is 3.48. The third kappa shape index (κ3) is 3.89. The van der Waals surface area contributed by atoms with Gasteiger partial charge in [-0.1, -0.05) is 60.3 Å². The third-order valence-corrected chi connectivity index (χ3v) is 6.19. The number of nitrogens with zero attached hydrogens (tertiary/aromatic N) is 1. The van der Waals surface area contributed by atoms with E-state index >= 15 is 0 Å². The van der Waals surface area contributed by atoms with Crippen LogP contribution in [-0.4, -0.2) is 18.4 Å².